The van der Waals surface area contributed by atoms with Crippen molar-refractivity contribution in [1.82, 2.24) is 0 Å². The standard InChI is InChI=1S/C7H13F3OS/c1-6(7(8,9)10)11-4-2-3-5-12/h6,12H,2-5H2,1H3. The third-order valence-corrected chi connectivity index (χ3v) is 1.70. The van der Waals surface area contributed by atoms with Crippen LogP contribution in [0.2, 0.25) is 0 Å². The second kappa shape index (κ2) is 5.70. The van der Waals surface area contributed by atoms with Crippen LogP contribution in [-0.2, 0) is 4.74 Å². The quantitative estimate of drug-likeness (QED) is 0.532. The highest BCUT2D eigenvalue weighted by Crippen LogP contribution is 2.22. The summed E-state index contributed by atoms with van der Waals surface area (Å²) < 4.78 is 40.0. The van der Waals surface area contributed by atoms with Gasteiger partial charge in [-0.05, 0) is 25.5 Å². The van der Waals surface area contributed by atoms with Gasteiger partial charge in [0.25, 0.3) is 0 Å². The van der Waals surface area contributed by atoms with E-state index in [-0.39, 0.29) is 6.61 Å². The average molecular weight is 202 g/mol. The van der Waals surface area contributed by atoms with Crippen molar-refractivity contribution >= 4 is 12.6 Å². The van der Waals surface area contributed by atoms with Gasteiger partial charge in [-0.2, -0.15) is 25.8 Å². The van der Waals surface area contributed by atoms with Crippen LogP contribution in [0, 0.1) is 0 Å². The molecule has 0 spiro atoms. The molecule has 1 unspecified atom stereocenters. The number of ether oxygens (including phenoxy) is 1. The molecule has 0 amide bonds. The van der Waals surface area contributed by atoms with E-state index in [1.807, 2.05) is 0 Å². The van der Waals surface area contributed by atoms with Crippen LogP contribution >= 0.6 is 12.6 Å². The fourth-order valence-electron chi connectivity index (χ4n) is 0.568. The number of hydrogen-bond acceptors (Lipinski definition) is 2. The Morgan fingerprint density at radius 1 is 1.33 bits per heavy atom. The van der Waals surface area contributed by atoms with Crippen LogP contribution in [0.1, 0.15) is 19.8 Å². The van der Waals surface area contributed by atoms with E-state index in [2.05, 4.69) is 17.4 Å². The summed E-state index contributed by atoms with van der Waals surface area (Å²) in [6.07, 6.45) is -4.48. The highest BCUT2D eigenvalue weighted by Gasteiger charge is 2.36. The van der Waals surface area contributed by atoms with Gasteiger partial charge in [0.05, 0.1) is 0 Å². The SMILES string of the molecule is CC(OCCCCS)C(F)(F)F. The van der Waals surface area contributed by atoms with Crippen LogP contribution in [0.5, 0.6) is 0 Å². The van der Waals surface area contributed by atoms with Crippen molar-refractivity contribution in [3.63, 3.8) is 0 Å². The fraction of sp³-hybridized carbons (Fsp3) is 1.00. The molecule has 0 N–H and O–H groups in total. The molecule has 0 radical (unpaired) electrons. The maximum Gasteiger partial charge on any atom is 0.414 e. The first-order valence-electron chi connectivity index (χ1n) is 3.77. The summed E-state index contributed by atoms with van der Waals surface area (Å²) in [4.78, 5) is 0. The second-order valence-electron chi connectivity index (χ2n) is 2.49. The molecule has 0 saturated heterocycles. The number of halogens is 3. The average Bonchev–Trinajstić information content (AvgIpc) is 1.96. The summed E-state index contributed by atoms with van der Waals surface area (Å²) in [6.45, 7) is 1.17. The van der Waals surface area contributed by atoms with Crippen molar-refractivity contribution in [2.45, 2.75) is 32.0 Å². The Labute approximate surface area is 75.7 Å². The second-order valence-corrected chi connectivity index (χ2v) is 2.93. The Hall–Kier alpha value is 0.100. The molecular weight excluding hydrogens is 189 g/mol. The van der Waals surface area contributed by atoms with Gasteiger partial charge in [-0.15, -0.1) is 0 Å². The third kappa shape index (κ3) is 5.71. The zero-order valence-corrected chi connectivity index (χ0v) is 7.79. The van der Waals surface area contributed by atoms with E-state index in [1.165, 1.54) is 0 Å². The van der Waals surface area contributed by atoms with Gasteiger partial charge >= 0.3 is 6.18 Å². The molecule has 1 atom stereocenters. The maximum atomic E-state index is 11.8. The van der Waals surface area contributed by atoms with E-state index in [0.717, 1.165) is 13.3 Å². The molecule has 74 valence electrons. The summed E-state index contributed by atoms with van der Waals surface area (Å²) in [5.41, 5.74) is 0. The summed E-state index contributed by atoms with van der Waals surface area (Å²) in [5.74, 6) is 0.684. The number of unbranched alkanes of at least 4 members (excludes halogenated alkanes) is 1. The molecule has 0 rings (SSSR count). The summed E-state index contributed by atoms with van der Waals surface area (Å²) >= 11 is 3.92. The van der Waals surface area contributed by atoms with Crippen LogP contribution in [0.25, 0.3) is 0 Å². The Morgan fingerprint density at radius 3 is 2.33 bits per heavy atom. The Kier molecular flexibility index (Phi) is 5.74. The molecule has 0 aliphatic rings. The van der Waals surface area contributed by atoms with Gasteiger partial charge in [0.2, 0.25) is 0 Å². The Bertz CT molecular complexity index is 116. The highest BCUT2D eigenvalue weighted by molar-refractivity contribution is 7.80. The minimum absolute atomic E-state index is 0.154. The van der Waals surface area contributed by atoms with Crippen molar-refractivity contribution in [3.8, 4) is 0 Å². The number of hydrogen-bond donors (Lipinski definition) is 1. The fourth-order valence-corrected chi connectivity index (χ4v) is 0.792. The minimum Gasteiger partial charge on any atom is -0.369 e. The van der Waals surface area contributed by atoms with Crippen LogP contribution in [0.15, 0.2) is 0 Å². The molecule has 0 fully saturated rings. The minimum atomic E-state index is -4.24. The number of rotatable bonds is 5. The molecule has 0 heterocycles. The largest absolute Gasteiger partial charge is 0.414 e. The van der Waals surface area contributed by atoms with Gasteiger partial charge in [-0.25, -0.2) is 0 Å². The molecule has 0 saturated carbocycles. The molecule has 0 bridgehead atoms. The van der Waals surface area contributed by atoms with Gasteiger partial charge in [-0.3, -0.25) is 0 Å². The van der Waals surface area contributed by atoms with Crippen molar-refractivity contribution < 1.29 is 17.9 Å². The van der Waals surface area contributed by atoms with E-state index < -0.39 is 12.3 Å². The number of thiol groups is 1. The third-order valence-electron chi connectivity index (χ3n) is 1.38. The molecule has 12 heavy (non-hydrogen) atoms. The van der Waals surface area contributed by atoms with Gasteiger partial charge < -0.3 is 4.74 Å². The first-order valence-corrected chi connectivity index (χ1v) is 4.41. The lowest BCUT2D eigenvalue weighted by atomic mass is 10.3. The maximum absolute atomic E-state index is 11.8. The van der Waals surface area contributed by atoms with Crippen LogP contribution in [-0.4, -0.2) is 24.6 Å². The van der Waals surface area contributed by atoms with E-state index in [4.69, 9.17) is 0 Å². The predicted molar refractivity (Wildman–Crippen MR) is 44.6 cm³/mol. The number of alkyl halides is 3. The summed E-state index contributed by atoms with van der Waals surface area (Å²) in [7, 11) is 0. The summed E-state index contributed by atoms with van der Waals surface area (Å²) in [5, 5.41) is 0. The smallest absolute Gasteiger partial charge is 0.369 e. The molecule has 1 nitrogen and oxygen atoms in total. The van der Waals surface area contributed by atoms with Gasteiger partial charge in [0.1, 0.15) is 0 Å². The lowest BCUT2D eigenvalue weighted by Gasteiger charge is -2.15. The predicted octanol–water partition coefficient (Wildman–Crippen LogP) is 2.66. The lowest BCUT2D eigenvalue weighted by molar-refractivity contribution is -0.214. The van der Waals surface area contributed by atoms with Crippen molar-refractivity contribution in [2.24, 2.45) is 0 Å². The van der Waals surface area contributed by atoms with Crippen molar-refractivity contribution in [3.05, 3.63) is 0 Å². The van der Waals surface area contributed by atoms with Gasteiger partial charge in [-0.1, -0.05) is 0 Å². The highest BCUT2D eigenvalue weighted by atomic mass is 32.1. The monoisotopic (exact) mass is 202 g/mol. The molecular formula is C7H13F3OS. The first kappa shape index (κ1) is 12.1. The van der Waals surface area contributed by atoms with E-state index in [0.29, 0.717) is 12.2 Å². The normalized spacial score (nSPS) is 14.8. The molecule has 0 aromatic rings. The Morgan fingerprint density at radius 2 is 1.92 bits per heavy atom. The molecule has 0 aromatic heterocycles. The summed E-state index contributed by atoms with van der Waals surface area (Å²) in [6, 6.07) is 0. The van der Waals surface area contributed by atoms with Crippen LogP contribution in [0.3, 0.4) is 0 Å². The van der Waals surface area contributed by atoms with Crippen molar-refractivity contribution in [2.75, 3.05) is 12.4 Å². The lowest BCUT2D eigenvalue weighted by Crippen LogP contribution is -2.28. The zero-order chi connectivity index (χ0) is 9.61. The van der Waals surface area contributed by atoms with E-state index in [1.54, 1.807) is 0 Å². The van der Waals surface area contributed by atoms with Crippen LogP contribution < -0.4 is 0 Å². The van der Waals surface area contributed by atoms with E-state index in [9.17, 15) is 13.2 Å². The molecule has 0 aromatic carbocycles. The Balaban J connectivity index is 3.38. The molecule has 0 aliphatic heterocycles. The van der Waals surface area contributed by atoms with Crippen molar-refractivity contribution in [1.29, 1.82) is 0 Å². The topological polar surface area (TPSA) is 9.23 Å². The first-order chi connectivity index (χ1) is 5.48. The molecule has 0 aliphatic carbocycles. The van der Waals surface area contributed by atoms with E-state index >= 15 is 0 Å². The van der Waals surface area contributed by atoms with Gasteiger partial charge in [0, 0.05) is 6.61 Å². The molecule has 5 heteroatoms. The van der Waals surface area contributed by atoms with Gasteiger partial charge in [0.15, 0.2) is 6.10 Å². The zero-order valence-electron chi connectivity index (χ0n) is 6.90. The van der Waals surface area contributed by atoms with Crippen LogP contribution in [0.4, 0.5) is 13.2 Å².